The Morgan fingerprint density at radius 1 is 1.10 bits per heavy atom. The van der Waals surface area contributed by atoms with E-state index in [1.165, 1.54) is 10.5 Å². The molecule has 1 aliphatic heterocycles. The third-order valence-corrected chi connectivity index (χ3v) is 5.85. The van der Waals surface area contributed by atoms with Gasteiger partial charge in [-0.1, -0.05) is 66.2 Å². The highest BCUT2D eigenvalue weighted by molar-refractivity contribution is 9.10. The van der Waals surface area contributed by atoms with Crippen LogP contribution in [0.15, 0.2) is 58.6 Å². The quantitative estimate of drug-likeness (QED) is 0.266. The molecule has 0 aromatic heterocycles. The van der Waals surface area contributed by atoms with E-state index < -0.39 is 17.7 Å². The second-order valence-corrected chi connectivity index (χ2v) is 8.58. The molecule has 1 unspecified atom stereocenters. The predicted molar refractivity (Wildman–Crippen MR) is 120 cm³/mol. The smallest absolute Gasteiger partial charge is 0.295 e. The molecule has 2 aromatic rings. The minimum Gasteiger partial charge on any atom is -0.507 e. The molecule has 0 spiro atoms. The molecule has 1 N–H and O–H groups in total. The molecule has 158 valence electrons. The van der Waals surface area contributed by atoms with Crippen molar-refractivity contribution in [2.24, 2.45) is 0 Å². The number of methoxy groups -OCH3 is 1. The van der Waals surface area contributed by atoms with Crippen molar-refractivity contribution >= 4 is 33.4 Å². The lowest BCUT2D eigenvalue weighted by Gasteiger charge is -2.25. The SMILES string of the molecule is COCCCN1C(=O)C(=O)/C(=C(\O)c2ccc(Br)cc2)C1c1ccc(C(C)C)cc1. The summed E-state index contributed by atoms with van der Waals surface area (Å²) in [6, 6.07) is 14.3. The van der Waals surface area contributed by atoms with Crippen LogP contribution in [0.3, 0.4) is 0 Å². The number of ether oxygens (including phenoxy) is 1. The first kappa shape index (κ1) is 22.2. The first-order valence-electron chi connectivity index (χ1n) is 9.98. The topological polar surface area (TPSA) is 66.8 Å². The third-order valence-electron chi connectivity index (χ3n) is 5.32. The number of hydrogen-bond donors (Lipinski definition) is 1. The maximum atomic E-state index is 12.9. The fraction of sp³-hybridized carbons (Fsp3) is 0.333. The molecule has 1 heterocycles. The van der Waals surface area contributed by atoms with Crippen LogP contribution in [0.5, 0.6) is 0 Å². The second-order valence-electron chi connectivity index (χ2n) is 7.67. The van der Waals surface area contributed by atoms with Crippen LogP contribution in [0.25, 0.3) is 5.76 Å². The van der Waals surface area contributed by atoms with Crippen LogP contribution in [0, 0.1) is 0 Å². The van der Waals surface area contributed by atoms with Crippen molar-refractivity contribution in [1.29, 1.82) is 0 Å². The lowest BCUT2D eigenvalue weighted by atomic mass is 9.93. The maximum Gasteiger partial charge on any atom is 0.295 e. The van der Waals surface area contributed by atoms with Gasteiger partial charge in [0.15, 0.2) is 0 Å². The zero-order chi connectivity index (χ0) is 21.8. The van der Waals surface area contributed by atoms with E-state index in [0.717, 1.165) is 10.0 Å². The fourth-order valence-electron chi connectivity index (χ4n) is 3.66. The fourth-order valence-corrected chi connectivity index (χ4v) is 3.93. The van der Waals surface area contributed by atoms with Gasteiger partial charge in [-0.25, -0.2) is 0 Å². The highest BCUT2D eigenvalue weighted by atomic mass is 79.9. The molecule has 2 aromatic carbocycles. The van der Waals surface area contributed by atoms with Crippen molar-refractivity contribution < 1.29 is 19.4 Å². The molecule has 3 rings (SSSR count). The van der Waals surface area contributed by atoms with Crippen LogP contribution in [0.4, 0.5) is 0 Å². The number of nitrogens with zero attached hydrogens (tertiary/aromatic N) is 1. The zero-order valence-electron chi connectivity index (χ0n) is 17.4. The van der Waals surface area contributed by atoms with Crippen LogP contribution >= 0.6 is 15.9 Å². The summed E-state index contributed by atoms with van der Waals surface area (Å²) >= 11 is 3.37. The minimum atomic E-state index is -0.661. The average molecular weight is 472 g/mol. The monoisotopic (exact) mass is 471 g/mol. The number of ketones is 1. The van der Waals surface area contributed by atoms with E-state index in [4.69, 9.17) is 4.74 Å². The number of aliphatic hydroxyl groups is 1. The number of halogens is 1. The van der Waals surface area contributed by atoms with Gasteiger partial charge in [-0.15, -0.1) is 0 Å². The van der Waals surface area contributed by atoms with E-state index in [-0.39, 0.29) is 11.3 Å². The Kier molecular flexibility index (Phi) is 7.10. The molecule has 0 saturated carbocycles. The van der Waals surface area contributed by atoms with Crippen molar-refractivity contribution in [3.8, 4) is 0 Å². The van der Waals surface area contributed by atoms with Crippen molar-refractivity contribution in [2.75, 3.05) is 20.3 Å². The Morgan fingerprint density at radius 3 is 2.30 bits per heavy atom. The van der Waals surface area contributed by atoms with Gasteiger partial charge in [0.25, 0.3) is 11.7 Å². The van der Waals surface area contributed by atoms with Crippen LogP contribution in [0.1, 0.15) is 48.9 Å². The standard InChI is InChI=1S/C24H26BrNO4/c1-15(2)16-5-7-17(8-6-16)21-20(22(27)18-9-11-19(25)12-10-18)23(28)24(29)26(21)13-4-14-30-3/h5-12,15,21,27H,4,13-14H2,1-3H3/b22-20-. The number of likely N-dealkylation sites (tertiary alicyclic amines) is 1. The molecule has 5 nitrogen and oxygen atoms in total. The van der Waals surface area contributed by atoms with E-state index in [1.54, 1.807) is 31.4 Å². The molecule has 0 aliphatic carbocycles. The number of hydrogen-bond acceptors (Lipinski definition) is 4. The van der Waals surface area contributed by atoms with Gasteiger partial charge in [-0.2, -0.15) is 0 Å². The average Bonchev–Trinajstić information content (AvgIpc) is 2.99. The number of Topliss-reactive ketones (excluding diaryl/α,β-unsaturated/α-hetero) is 1. The lowest BCUT2D eigenvalue weighted by molar-refractivity contribution is -0.140. The molecule has 1 amide bonds. The minimum absolute atomic E-state index is 0.122. The van der Waals surface area contributed by atoms with Gasteiger partial charge in [0.2, 0.25) is 0 Å². The number of benzene rings is 2. The molecule has 30 heavy (non-hydrogen) atoms. The summed E-state index contributed by atoms with van der Waals surface area (Å²) in [5, 5.41) is 11.0. The normalized spacial score (nSPS) is 18.4. The Hall–Kier alpha value is -2.44. The largest absolute Gasteiger partial charge is 0.507 e. The molecular weight excluding hydrogens is 446 g/mol. The molecule has 1 aliphatic rings. The number of rotatable bonds is 7. The summed E-state index contributed by atoms with van der Waals surface area (Å²) in [6.45, 7) is 5.07. The molecule has 1 atom stereocenters. The van der Waals surface area contributed by atoms with Crippen molar-refractivity contribution in [2.45, 2.75) is 32.2 Å². The van der Waals surface area contributed by atoms with Crippen LogP contribution < -0.4 is 0 Å². The van der Waals surface area contributed by atoms with Crippen LogP contribution in [0.2, 0.25) is 0 Å². The molecule has 0 radical (unpaired) electrons. The summed E-state index contributed by atoms with van der Waals surface area (Å²) in [6.07, 6.45) is 0.600. The van der Waals surface area contributed by atoms with Gasteiger partial charge in [-0.3, -0.25) is 9.59 Å². The summed E-state index contributed by atoms with van der Waals surface area (Å²) < 4.78 is 5.97. The molecule has 6 heteroatoms. The Morgan fingerprint density at radius 2 is 1.73 bits per heavy atom. The predicted octanol–water partition coefficient (Wildman–Crippen LogP) is 5.03. The van der Waals surface area contributed by atoms with Crippen molar-refractivity contribution in [3.05, 3.63) is 75.3 Å². The first-order chi connectivity index (χ1) is 14.3. The second kappa shape index (κ2) is 9.58. The number of carbonyl (C=O) groups is 2. The molecular formula is C24H26BrNO4. The summed E-state index contributed by atoms with van der Waals surface area (Å²) in [7, 11) is 1.60. The highest BCUT2D eigenvalue weighted by Gasteiger charge is 2.45. The maximum absolute atomic E-state index is 12.9. The van der Waals surface area contributed by atoms with E-state index >= 15 is 0 Å². The number of aliphatic hydroxyl groups excluding tert-OH is 1. The van der Waals surface area contributed by atoms with Crippen LogP contribution in [-0.2, 0) is 14.3 Å². The highest BCUT2D eigenvalue weighted by Crippen LogP contribution is 2.39. The molecule has 0 bridgehead atoms. The molecule has 1 fully saturated rings. The van der Waals surface area contributed by atoms with E-state index in [9.17, 15) is 14.7 Å². The number of carbonyl (C=O) groups excluding carboxylic acids is 2. The molecule has 1 saturated heterocycles. The summed E-state index contributed by atoms with van der Waals surface area (Å²) in [5.74, 6) is -1.05. The van der Waals surface area contributed by atoms with Gasteiger partial charge >= 0.3 is 0 Å². The Bertz CT molecular complexity index is 948. The Balaban J connectivity index is 2.10. The van der Waals surface area contributed by atoms with Gasteiger partial charge < -0.3 is 14.7 Å². The van der Waals surface area contributed by atoms with Gasteiger partial charge in [-0.05, 0) is 35.6 Å². The number of amides is 1. The lowest BCUT2D eigenvalue weighted by Crippen LogP contribution is -2.31. The summed E-state index contributed by atoms with van der Waals surface area (Å²) in [4.78, 5) is 27.3. The van der Waals surface area contributed by atoms with Gasteiger partial charge in [0.05, 0.1) is 11.6 Å². The van der Waals surface area contributed by atoms with Crippen molar-refractivity contribution in [1.82, 2.24) is 4.90 Å². The Labute approximate surface area is 185 Å². The van der Waals surface area contributed by atoms with E-state index in [0.29, 0.717) is 31.1 Å². The van der Waals surface area contributed by atoms with Crippen molar-refractivity contribution in [3.63, 3.8) is 0 Å². The van der Waals surface area contributed by atoms with Gasteiger partial charge in [0, 0.05) is 30.3 Å². The van der Waals surface area contributed by atoms with E-state index in [1.807, 2.05) is 24.3 Å². The zero-order valence-corrected chi connectivity index (χ0v) is 19.0. The first-order valence-corrected chi connectivity index (χ1v) is 10.8. The third kappa shape index (κ3) is 4.50. The van der Waals surface area contributed by atoms with Crippen LogP contribution in [-0.4, -0.2) is 42.0 Å². The van der Waals surface area contributed by atoms with Gasteiger partial charge in [0.1, 0.15) is 5.76 Å². The summed E-state index contributed by atoms with van der Waals surface area (Å²) in [5.41, 5.74) is 2.59. The van der Waals surface area contributed by atoms with E-state index in [2.05, 4.69) is 29.8 Å².